The van der Waals surface area contributed by atoms with Crippen molar-refractivity contribution in [3.8, 4) is 5.75 Å². The van der Waals surface area contributed by atoms with Gasteiger partial charge in [0, 0.05) is 5.69 Å². The third-order valence-corrected chi connectivity index (χ3v) is 4.50. The van der Waals surface area contributed by atoms with Crippen LogP contribution in [0.1, 0.15) is 35.6 Å². The van der Waals surface area contributed by atoms with E-state index in [4.69, 9.17) is 17.0 Å². The molecule has 120 valence electrons. The maximum atomic E-state index is 5.48. The minimum Gasteiger partial charge on any atom is -0.497 e. The lowest BCUT2D eigenvalue weighted by molar-refractivity contribution is 0.412. The van der Waals surface area contributed by atoms with Gasteiger partial charge in [0.05, 0.1) is 13.2 Å². The van der Waals surface area contributed by atoms with E-state index in [9.17, 15) is 0 Å². The number of methoxy groups -OCH3 is 1. The lowest BCUT2D eigenvalue weighted by Gasteiger charge is -2.28. The molecule has 0 aromatic heterocycles. The fourth-order valence-electron chi connectivity index (χ4n) is 3.03. The molecule has 0 saturated heterocycles. The number of rotatable bonds is 3. The van der Waals surface area contributed by atoms with Crippen molar-refractivity contribution in [1.82, 2.24) is 5.32 Å². The molecular formula is C19H22N2OS. The van der Waals surface area contributed by atoms with Crippen LogP contribution in [0.5, 0.6) is 5.75 Å². The number of nitrogens with one attached hydrogen (secondary N) is 2. The second-order valence-corrected chi connectivity index (χ2v) is 6.38. The predicted molar refractivity (Wildman–Crippen MR) is 99.2 cm³/mol. The van der Waals surface area contributed by atoms with Gasteiger partial charge in [-0.2, -0.15) is 0 Å². The molecule has 0 fully saturated rings. The molecule has 3 nitrogen and oxygen atoms in total. The largest absolute Gasteiger partial charge is 0.497 e. The van der Waals surface area contributed by atoms with Gasteiger partial charge >= 0.3 is 0 Å². The van der Waals surface area contributed by atoms with Gasteiger partial charge < -0.3 is 15.4 Å². The van der Waals surface area contributed by atoms with Crippen molar-refractivity contribution in [2.75, 3.05) is 12.4 Å². The van der Waals surface area contributed by atoms with Crippen LogP contribution in [-0.2, 0) is 6.42 Å². The van der Waals surface area contributed by atoms with Crippen LogP contribution in [0.15, 0.2) is 42.5 Å². The van der Waals surface area contributed by atoms with E-state index in [1.165, 1.54) is 16.7 Å². The second kappa shape index (κ2) is 7.01. The molecule has 0 amide bonds. The van der Waals surface area contributed by atoms with Gasteiger partial charge in [-0.3, -0.25) is 0 Å². The summed E-state index contributed by atoms with van der Waals surface area (Å²) in [4.78, 5) is 0. The van der Waals surface area contributed by atoms with E-state index in [2.05, 4.69) is 41.8 Å². The van der Waals surface area contributed by atoms with Crippen LogP contribution in [0.25, 0.3) is 0 Å². The Morgan fingerprint density at radius 3 is 2.70 bits per heavy atom. The molecule has 0 bridgehead atoms. The zero-order chi connectivity index (χ0) is 16.2. The molecule has 0 heterocycles. The smallest absolute Gasteiger partial charge is 0.171 e. The zero-order valence-electron chi connectivity index (χ0n) is 13.6. The second-order valence-electron chi connectivity index (χ2n) is 5.97. The maximum Gasteiger partial charge on any atom is 0.171 e. The summed E-state index contributed by atoms with van der Waals surface area (Å²) in [5, 5.41) is 7.39. The molecular weight excluding hydrogens is 304 g/mol. The molecule has 0 spiro atoms. The summed E-state index contributed by atoms with van der Waals surface area (Å²) >= 11 is 5.48. The predicted octanol–water partition coefficient (Wildman–Crippen LogP) is 4.37. The van der Waals surface area contributed by atoms with Crippen molar-refractivity contribution in [2.45, 2.75) is 32.2 Å². The number of anilines is 1. The molecule has 1 aliphatic rings. The molecule has 0 unspecified atom stereocenters. The topological polar surface area (TPSA) is 33.3 Å². The van der Waals surface area contributed by atoms with Crippen LogP contribution >= 0.6 is 12.2 Å². The van der Waals surface area contributed by atoms with Gasteiger partial charge in [-0.15, -0.1) is 0 Å². The van der Waals surface area contributed by atoms with Crippen LogP contribution in [-0.4, -0.2) is 12.2 Å². The van der Waals surface area contributed by atoms with Gasteiger partial charge in [0.2, 0.25) is 0 Å². The first-order chi connectivity index (χ1) is 11.2. The van der Waals surface area contributed by atoms with E-state index in [0.717, 1.165) is 30.7 Å². The van der Waals surface area contributed by atoms with Crippen LogP contribution in [0.3, 0.4) is 0 Å². The molecule has 0 aliphatic heterocycles. The minimum atomic E-state index is 0.259. The Labute approximate surface area is 143 Å². The van der Waals surface area contributed by atoms with E-state index in [0.29, 0.717) is 5.11 Å². The van der Waals surface area contributed by atoms with Gasteiger partial charge in [-0.25, -0.2) is 0 Å². The highest BCUT2D eigenvalue weighted by Crippen LogP contribution is 2.32. The van der Waals surface area contributed by atoms with Crippen molar-refractivity contribution in [3.63, 3.8) is 0 Å². The average Bonchev–Trinajstić information content (AvgIpc) is 2.56. The van der Waals surface area contributed by atoms with Gasteiger partial charge in [0.25, 0.3) is 0 Å². The molecule has 1 aliphatic carbocycles. The summed E-state index contributed by atoms with van der Waals surface area (Å²) in [6.45, 7) is 2.08. The Hall–Kier alpha value is -2.07. The number of ether oxygens (including phenoxy) is 1. The number of aryl methyl sites for hydroxylation is 2. The van der Waals surface area contributed by atoms with Crippen molar-refractivity contribution in [2.24, 2.45) is 0 Å². The normalized spacial score (nSPS) is 16.3. The monoisotopic (exact) mass is 326 g/mol. The van der Waals surface area contributed by atoms with Crippen molar-refractivity contribution < 1.29 is 4.74 Å². The first-order valence-corrected chi connectivity index (χ1v) is 8.37. The quantitative estimate of drug-likeness (QED) is 0.821. The lowest BCUT2D eigenvalue weighted by Crippen LogP contribution is -2.34. The van der Waals surface area contributed by atoms with Gasteiger partial charge in [-0.05, 0) is 73.8 Å². The van der Waals surface area contributed by atoms with Crippen molar-refractivity contribution in [3.05, 3.63) is 59.2 Å². The number of benzene rings is 2. The van der Waals surface area contributed by atoms with Crippen LogP contribution in [0.2, 0.25) is 0 Å². The molecule has 23 heavy (non-hydrogen) atoms. The molecule has 4 heteroatoms. The lowest BCUT2D eigenvalue weighted by atomic mass is 9.87. The third kappa shape index (κ3) is 3.82. The fourth-order valence-corrected chi connectivity index (χ4v) is 3.29. The summed E-state index contributed by atoms with van der Waals surface area (Å²) in [6, 6.07) is 14.8. The first-order valence-electron chi connectivity index (χ1n) is 7.97. The molecule has 2 aromatic rings. The summed E-state index contributed by atoms with van der Waals surface area (Å²) in [5.41, 5.74) is 4.93. The Morgan fingerprint density at radius 1 is 1.17 bits per heavy atom. The Morgan fingerprint density at radius 2 is 1.96 bits per heavy atom. The standard InChI is InChI=1S/C19H22N2OS/c1-13-6-8-15(9-7-13)20-19(23)21-18-5-3-4-14-12-16(22-2)10-11-17(14)18/h6-12,18H,3-5H2,1-2H3,(H2,20,21,23)/t18-/m0/s1. The average molecular weight is 326 g/mol. The van der Waals surface area contributed by atoms with Crippen LogP contribution in [0.4, 0.5) is 5.69 Å². The van der Waals surface area contributed by atoms with E-state index in [-0.39, 0.29) is 6.04 Å². The van der Waals surface area contributed by atoms with Gasteiger partial charge in [0.1, 0.15) is 5.75 Å². The summed E-state index contributed by atoms with van der Waals surface area (Å²) in [6.07, 6.45) is 3.35. The van der Waals surface area contributed by atoms with Gasteiger partial charge in [-0.1, -0.05) is 23.8 Å². The molecule has 0 radical (unpaired) electrons. The van der Waals surface area contributed by atoms with Gasteiger partial charge in [0.15, 0.2) is 5.11 Å². The Kier molecular flexibility index (Phi) is 4.82. The van der Waals surface area contributed by atoms with Crippen LogP contribution < -0.4 is 15.4 Å². The zero-order valence-corrected chi connectivity index (χ0v) is 14.4. The molecule has 0 saturated carbocycles. The number of hydrogen-bond donors (Lipinski definition) is 2. The Balaban J connectivity index is 1.69. The van der Waals surface area contributed by atoms with Crippen LogP contribution in [0, 0.1) is 6.92 Å². The number of fused-ring (bicyclic) bond motifs is 1. The Bertz CT molecular complexity index is 697. The number of thiocarbonyl (C=S) groups is 1. The summed E-state index contributed by atoms with van der Waals surface area (Å²) < 4.78 is 5.33. The minimum absolute atomic E-state index is 0.259. The molecule has 2 N–H and O–H groups in total. The first kappa shape index (κ1) is 15.8. The highest BCUT2D eigenvalue weighted by Gasteiger charge is 2.21. The molecule has 3 rings (SSSR count). The third-order valence-electron chi connectivity index (χ3n) is 4.28. The van der Waals surface area contributed by atoms with E-state index in [1.807, 2.05) is 18.2 Å². The molecule has 2 aromatic carbocycles. The van der Waals surface area contributed by atoms with Crippen molar-refractivity contribution in [1.29, 1.82) is 0 Å². The molecule has 1 atom stereocenters. The SMILES string of the molecule is COc1ccc2c(c1)CCC[C@@H]2NC(=S)Nc1ccc(C)cc1. The number of hydrogen-bond acceptors (Lipinski definition) is 2. The van der Waals surface area contributed by atoms with E-state index >= 15 is 0 Å². The highest BCUT2D eigenvalue weighted by molar-refractivity contribution is 7.80. The van der Waals surface area contributed by atoms with E-state index in [1.54, 1.807) is 7.11 Å². The summed E-state index contributed by atoms with van der Waals surface area (Å²) in [7, 11) is 1.71. The maximum absolute atomic E-state index is 5.48. The summed E-state index contributed by atoms with van der Waals surface area (Å²) in [5.74, 6) is 0.921. The fraction of sp³-hybridized carbons (Fsp3) is 0.316. The van der Waals surface area contributed by atoms with E-state index < -0.39 is 0 Å². The highest BCUT2D eigenvalue weighted by atomic mass is 32.1. The van der Waals surface area contributed by atoms with Crippen molar-refractivity contribution >= 4 is 23.0 Å².